The Morgan fingerprint density at radius 3 is 2.52 bits per heavy atom. The van der Waals surface area contributed by atoms with Crippen LogP contribution < -0.4 is 5.56 Å². The number of thioether (sulfide) groups is 1. The van der Waals surface area contributed by atoms with Gasteiger partial charge in [-0.1, -0.05) is 39.8 Å². The van der Waals surface area contributed by atoms with E-state index in [1.165, 1.54) is 18.2 Å². The van der Waals surface area contributed by atoms with Crippen LogP contribution in [0.5, 0.6) is 0 Å². The molecular formula is C20H24BrN3O2S. The summed E-state index contributed by atoms with van der Waals surface area (Å²) in [5.41, 5.74) is 2.46. The van der Waals surface area contributed by atoms with Crippen molar-refractivity contribution in [3.63, 3.8) is 0 Å². The highest BCUT2D eigenvalue weighted by molar-refractivity contribution is 9.10. The Morgan fingerprint density at radius 1 is 1.19 bits per heavy atom. The second-order valence-corrected chi connectivity index (χ2v) is 8.71. The molecule has 2 heterocycles. The van der Waals surface area contributed by atoms with Gasteiger partial charge in [0.05, 0.1) is 5.75 Å². The maximum absolute atomic E-state index is 12.8. The predicted molar refractivity (Wildman–Crippen MR) is 112 cm³/mol. The number of hydrogen-bond acceptors (Lipinski definition) is 4. The van der Waals surface area contributed by atoms with Crippen molar-refractivity contribution in [3.8, 4) is 0 Å². The first-order chi connectivity index (χ1) is 13.0. The van der Waals surface area contributed by atoms with Crippen LogP contribution in [0.4, 0.5) is 0 Å². The highest BCUT2D eigenvalue weighted by Gasteiger charge is 2.18. The van der Waals surface area contributed by atoms with E-state index in [9.17, 15) is 9.59 Å². The standard InChI is InChI=1S/C20H24BrN3O2S/c1-14-17(12-15-6-8-16(21)9-7-15)19(26)23(2)20(22-14)27-13-18(25)24-10-4-3-5-11-24/h6-9H,3-5,10-13H2,1-2H3. The average molecular weight is 450 g/mol. The molecule has 1 aromatic heterocycles. The Kier molecular flexibility index (Phi) is 6.76. The lowest BCUT2D eigenvalue weighted by Gasteiger charge is -2.26. The van der Waals surface area contributed by atoms with Gasteiger partial charge in [-0.3, -0.25) is 14.2 Å². The van der Waals surface area contributed by atoms with E-state index in [0.29, 0.717) is 22.9 Å². The molecule has 1 aliphatic rings. The molecule has 0 N–H and O–H groups in total. The van der Waals surface area contributed by atoms with E-state index in [1.807, 2.05) is 36.1 Å². The van der Waals surface area contributed by atoms with Crippen LogP contribution in [-0.4, -0.2) is 39.2 Å². The summed E-state index contributed by atoms with van der Waals surface area (Å²) in [5.74, 6) is 0.455. The maximum Gasteiger partial charge on any atom is 0.257 e. The molecule has 0 saturated carbocycles. The zero-order valence-electron chi connectivity index (χ0n) is 15.7. The molecule has 1 amide bonds. The van der Waals surface area contributed by atoms with E-state index in [2.05, 4.69) is 20.9 Å². The molecule has 1 aromatic carbocycles. The Labute approximate surface area is 172 Å². The van der Waals surface area contributed by atoms with Gasteiger partial charge in [-0.25, -0.2) is 4.98 Å². The van der Waals surface area contributed by atoms with Gasteiger partial charge in [0.1, 0.15) is 0 Å². The SMILES string of the molecule is Cc1nc(SCC(=O)N2CCCCC2)n(C)c(=O)c1Cc1ccc(Br)cc1. The average Bonchev–Trinajstić information content (AvgIpc) is 2.69. The number of benzene rings is 1. The molecule has 2 aromatic rings. The molecule has 27 heavy (non-hydrogen) atoms. The molecule has 1 saturated heterocycles. The number of halogens is 1. The first kappa shape index (κ1) is 20.1. The summed E-state index contributed by atoms with van der Waals surface area (Å²) < 4.78 is 2.58. The Morgan fingerprint density at radius 2 is 1.85 bits per heavy atom. The van der Waals surface area contributed by atoms with Crippen LogP contribution in [0.15, 0.2) is 38.7 Å². The van der Waals surface area contributed by atoms with Crippen molar-refractivity contribution >= 4 is 33.6 Å². The zero-order chi connectivity index (χ0) is 19.4. The summed E-state index contributed by atoms with van der Waals surface area (Å²) in [7, 11) is 1.73. The van der Waals surface area contributed by atoms with E-state index >= 15 is 0 Å². The van der Waals surface area contributed by atoms with Crippen molar-refractivity contribution < 1.29 is 4.79 Å². The van der Waals surface area contributed by atoms with Crippen LogP contribution in [-0.2, 0) is 18.3 Å². The number of amides is 1. The topological polar surface area (TPSA) is 55.2 Å². The highest BCUT2D eigenvalue weighted by atomic mass is 79.9. The first-order valence-corrected chi connectivity index (χ1v) is 10.9. The fourth-order valence-electron chi connectivity index (χ4n) is 3.23. The van der Waals surface area contributed by atoms with E-state index in [1.54, 1.807) is 11.6 Å². The molecule has 3 rings (SSSR count). The highest BCUT2D eigenvalue weighted by Crippen LogP contribution is 2.19. The predicted octanol–water partition coefficient (Wildman–Crippen LogP) is 3.55. The maximum atomic E-state index is 12.8. The lowest BCUT2D eigenvalue weighted by atomic mass is 10.1. The van der Waals surface area contributed by atoms with Gasteiger partial charge in [-0.2, -0.15) is 0 Å². The largest absolute Gasteiger partial charge is 0.342 e. The fraction of sp³-hybridized carbons (Fsp3) is 0.450. The first-order valence-electron chi connectivity index (χ1n) is 9.17. The molecule has 0 bridgehead atoms. The molecule has 0 unspecified atom stereocenters. The monoisotopic (exact) mass is 449 g/mol. The van der Waals surface area contributed by atoms with E-state index in [-0.39, 0.29) is 11.5 Å². The molecule has 0 aliphatic carbocycles. The second-order valence-electron chi connectivity index (χ2n) is 6.86. The van der Waals surface area contributed by atoms with Crippen LogP contribution in [0.2, 0.25) is 0 Å². The number of hydrogen-bond donors (Lipinski definition) is 0. The number of nitrogens with zero attached hydrogens (tertiary/aromatic N) is 3. The number of likely N-dealkylation sites (tertiary alicyclic amines) is 1. The minimum atomic E-state index is -0.0432. The molecule has 1 aliphatic heterocycles. The van der Waals surface area contributed by atoms with Crippen LogP contribution in [0.3, 0.4) is 0 Å². The van der Waals surface area contributed by atoms with Crippen LogP contribution in [0, 0.1) is 6.92 Å². The molecular weight excluding hydrogens is 426 g/mol. The molecule has 1 fully saturated rings. The van der Waals surface area contributed by atoms with Crippen molar-refractivity contribution in [1.82, 2.24) is 14.5 Å². The van der Waals surface area contributed by atoms with Gasteiger partial charge in [0.25, 0.3) is 5.56 Å². The van der Waals surface area contributed by atoms with Crippen LogP contribution in [0.25, 0.3) is 0 Å². The van der Waals surface area contributed by atoms with E-state index in [4.69, 9.17) is 0 Å². The van der Waals surface area contributed by atoms with Crippen LogP contribution in [0.1, 0.15) is 36.1 Å². The number of piperidine rings is 1. The number of aromatic nitrogens is 2. The Balaban J connectivity index is 1.73. The van der Waals surface area contributed by atoms with Crippen molar-refractivity contribution in [3.05, 3.63) is 55.9 Å². The minimum absolute atomic E-state index is 0.0432. The summed E-state index contributed by atoms with van der Waals surface area (Å²) in [4.78, 5) is 31.7. The van der Waals surface area contributed by atoms with E-state index < -0.39 is 0 Å². The number of rotatable bonds is 5. The summed E-state index contributed by atoms with van der Waals surface area (Å²) in [6, 6.07) is 7.95. The van der Waals surface area contributed by atoms with Crippen molar-refractivity contribution in [2.24, 2.45) is 7.05 Å². The van der Waals surface area contributed by atoms with Gasteiger partial charge in [0.15, 0.2) is 5.16 Å². The minimum Gasteiger partial charge on any atom is -0.342 e. The summed E-state index contributed by atoms with van der Waals surface area (Å²) >= 11 is 4.78. The Bertz CT molecular complexity index is 874. The zero-order valence-corrected chi connectivity index (χ0v) is 18.1. The van der Waals surface area contributed by atoms with Gasteiger partial charge in [0, 0.05) is 42.3 Å². The van der Waals surface area contributed by atoms with Crippen molar-refractivity contribution in [2.75, 3.05) is 18.8 Å². The fourth-order valence-corrected chi connectivity index (χ4v) is 4.41. The summed E-state index contributed by atoms with van der Waals surface area (Å²) in [5, 5.41) is 0.599. The lowest BCUT2D eigenvalue weighted by molar-refractivity contribution is -0.129. The van der Waals surface area contributed by atoms with Gasteiger partial charge >= 0.3 is 0 Å². The van der Waals surface area contributed by atoms with E-state index in [0.717, 1.165) is 41.7 Å². The smallest absolute Gasteiger partial charge is 0.257 e. The third kappa shape index (κ3) is 5.02. The molecule has 5 nitrogen and oxygen atoms in total. The normalized spacial score (nSPS) is 14.4. The molecule has 0 radical (unpaired) electrons. The third-order valence-corrected chi connectivity index (χ3v) is 6.42. The molecule has 0 atom stereocenters. The van der Waals surface area contributed by atoms with Crippen molar-refractivity contribution in [1.29, 1.82) is 0 Å². The molecule has 0 spiro atoms. The number of carbonyl (C=O) groups is 1. The lowest BCUT2D eigenvalue weighted by Crippen LogP contribution is -2.37. The molecule has 144 valence electrons. The quantitative estimate of drug-likeness (QED) is 0.517. The van der Waals surface area contributed by atoms with Gasteiger partial charge in [0.2, 0.25) is 5.91 Å². The van der Waals surface area contributed by atoms with Gasteiger partial charge in [-0.15, -0.1) is 0 Å². The van der Waals surface area contributed by atoms with Gasteiger partial charge in [-0.05, 0) is 43.9 Å². The third-order valence-electron chi connectivity index (χ3n) is 4.88. The molecule has 7 heteroatoms. The Hall–Kier alpha value is -1.60. The van der Waals surface area contributed by atoms with Crippen molar-refractivity contribution in [2.45, 2.75) is 37.8 Å². The summed E-state index contributed by atoms with van der Waals surface area (Å²) in [6.45, 7) is 3.56. The van der Waals surface area contributed by atoms with Gasteiger partial charge < -0.3 is 4.90 Å². The summed E-state index contributed by atoms with van der Waals surface area (Å²) in [6.07, 6.45) is 3.91. The second kappa shape index (κ2) is 9.06. The van der Waals surface area contributed by atoms with Crippen LogP contribution >= 0.6 is 27.7 Å². The number of aryl methyl sites for hydroxylation is 1. The number of carbonyl (C=O) groups excluding carboxylic acids is 1.